The van der Waals surface area contributed by atoms with Crippen LogP contribution in [-0.2, 0) is 0 Å². The Hall–Kier alpha value is -2.04. The van der Waals surface area contributed by atoms with Crippen LogP contribution >= 0.6 is 11.6 Å². The van der Waals surface area contributed by atoms with E-state index >= 15 is 0 Å². The summed E-state index contributed by atoms with van der Waals surface area (Å²) in [6, 6.07) is 16.7. The third-order valence-electron chi connectivity index (χ3n) is 6.18. The van der Waals surface area contributed by atoms with Crippen LogP contribution in [-0.4, -0.2) is 41.0 Å². The van der Waals surface area contributed by atoms with Crippen LogP contribution in [0.1, 0.15) is 43.4 Å². The molecule has 1 spiro atoms. The standard InChI is InChI=1S/C22H24ClN3O/c1-2-25-13-11-22(12-14-25)26-20(17-8-4-6-10-21(17)27-22)15-19(24-26)16-7-3-5-9-18(16)23/h3-10,20H,2,11-15H2,1H3/t20-/m1/s1. The normalized spacial score (nSPS) is 23.6. The first-order valence-corrected chi connectivity index (χ1v) is 10.2. The maximum absolute atomic E-state index is 6.64. The summed E-state index contributed by atoms with van der Waals surface area (Å²) in [5.41, 5.74) is 2.97. The highest BCUT2D eigenvalue weighted by molar-refractivity contribution is 6.34. The van der Waals surface area contributed by atoms with Crippen molar-refractivity contribution in [3.63, 3.8) is 0 Å². The lowest BCUT2D eigenvalue weighted by atomic mass is 9.90. The van der Waals surface area contributed by atoms with Crippen molar-refractivity contribution < 1.29 is 4.74 Å². The van der Waals surface area contributed by atoms with Gasteiger partial charge in [-0.05, 0) is 18.7 Å². The van der Waals surface area contributed by atoms with Gasteiger partial charge in [0.25, 0.3) is 0 Å². The Kier molecular flexibility index (Phi) is 4.14. The average Bonchev–Trinajstić information content (AvgIpc) is 3.16. The lowest BCUT2D eigenvalue weighted by Gasteiger charge is -2.51. The van der Waals surface area contributed by atoms with E-state index in [1.807, 2.05) is 18.2 Å². The van der Waals surface area contributed by atoms with E-state index in [9.17, 15) is 0 Å². The largest absolute Gasteiger partial charge is 0.466 e. The Labute approximate surface area is 165 Å². The van der Waals surface area contributed by atoms with Gasteiger partial charge in [-0.2, -0.15) is 5.10 Å². The highest BCUT2D eigenvalue weighted by atomic mass is 35.5. The lowest BCUT2D eigenvalue weighted by Crippen LogP contribution is -2.59. The minimum Gasteiger partial charge on any atom is -0.466 e. The number of rotatable bonds is 2. The van der Waals surface area contributed by atoms with Gasteiger partial charge in [0, 0.05) is 48.5 Å². The number of hydrazone groups is 1. The molecule has 0 N–H and O–H groups in total. The van der Waals surface area contributed by atoms with E-state index in [0.29, 0.717) is 0 Å². The summed E-state index contributed by atoms with van der Waals surface area (Å²) in [4.78, 5) is 2.49. The molecule has 1 atom stereocenters. The van der Waals surface area contributed by atoms with Gasteiger partial charge in [0.15, 0.2) is 0 Å². The second kappa shape index (κ2) is 6.54. The molecule has 0 aliphatic carbocycles. The molecule has 2 aromatic carbocycles. The third kappa shape index (κ3) is 2.74. The number of nitrogens with zero attached hydrogens (tertiary/aromatic N) is 3. The fraction of sp³-hybridized carbons (Fsp3) is 0.409. The monoisotopic (exact) mass is 381 g/mol. The number of fused-ring (bicyclic) bond motifs is 4. The molecule has 3 heterocycles. The van der Waals surface area contributed by atoms with Gasteiger partial charge in [-0.3, -0.25) is 0 Å². The molecule has 1 saturated heterocycles. The van der Waals surface area contributed by atoms with Crippen LogP contribution in [0, 0.1) is 0 Å². The number of likely N-dealkylation sites (tertiary alicyclic amines) is 1. The maximum atomic E-state index is 6.64. The Morgan fingerprint density at radius 2 is 1.85 bits per heavy atom. The topological polar surface area (TPSA) is 28.1 Å². The molecule has 0 amide bonds. The molecular weight excluding hydrogens is 358 g/mol. The summed E-state index contributed by atoms with van der Waals surface area (Å²) in [6.07, 6.45) is 2.79. The lowest BCUT2D eigenvalue weighted by molar-refractivity contribution is -0.149. The molecule has 3 aliphatic heterocycles. The predicted molar refractivity (Wildman–Crippen MR) is 108 cm³/mol. The van der Waals surface area contributed by atoms with Crippen molar-refractivity contribution in [1.82, 2.24) is 9.91 Å². The fourth-order valence-electron chi connectivity index (χ4n) is 4.64. The maximum Gasteiger partial charge on any atom is 0.200 e. The van der Waals surface area contributed by atoms with Crippen LogP contribution in [0.2, 0.25) is 5.02 Å². The number of piperidine rings is 1. The van der Waals surface area contributed by atoms with E-state index < -0.39 is 0 Å². The zero-order chi connectivity index (χ0) is 18.4. The van der Waals surface area contributed by atoms with Crippen molar-refractivity contribution in [2.75, 3.05) is 19.6 Å². The van der Waals surface area contributed by atoms with Crippen molar-refractivity contribution in [3.8, 4) is 5.75 Å². The highest BCUT2D eigenvalue weighted by Crippen LogP contribution is 2.50. The Balaban J connectivity index is 1.57. The molecule has 5 heteroatoms. The number of hydrogen-bond acceptors (Lipinski definition) is 4. The van der Waals surface area contributed by atoms with Crippen LogP contribution in [0.3, 0.4) is 0 Å². The Morgan fingerprint density at radius 1 is 1.11 bits per heavy atom. The van der Waals surface area contributed by atoms with Crippen molar-refractivity contribution in [2.24, 2.45) is 5.10 Å². The van der Waals surface area contributed by atoms with Crippen molar-refractivity contribution in [3.05, 3.63) is 64.7 Å². The van der Waals surface area contributed by atoms with E-state index in [1.165, 1.54) is 5.56 Å². The molecule has 140 valence electrons. The molecule has 3 aliphatic rings. The van der Waals surface area contributed by atoms with Gasteiger partial charge in [-0.15, -0.1) is 0 Å². The SMILES string of the molecule is CCN1CCC2(CC1)Oc1ccccc1[C@H]1CC(c3ccccc3Cl)=NN12. The fourth-order valence-corrected chi connectivity index (χ4v) is 4.88. The van der Waals surface area contributed by atoms with Gasteiger partial charge >= 0.3 is 0 Å². The first-order valence-electron chi connectivity index (χ1n) is 9.82. The molecule has 2 aromatic rings. The molecule has 0 unspecified atom stereocenters. The second-order valence-corrected chi connectivity index (χ2v) is 8.02. The minimum atomic E-state index is -0.353. The molecule has 0 saturated carbocycles. The number of ether oxygens (including phenoxy) is 1. The highest BCUT2D eigenvalue weighted by Gasteiger charge is 2.51. The van der Waals surface area contributed by atoms with Gasteiger partial charge in [-0.1, -0.05) is 54.9 Å². The molecule has 1 fully saturated rings. The third-order valence-corrected chi connectivity index (χ3v) is 6.50. The number of para-hydroxylation sites is 1. The molecule has 0 radical (unpaired) electrons. The molecule has 5 rings (SSSR count). The van der Waals surface area contributed by atoms with E-state index in [-0.39, 0.29) is 11.8 Å². The van der Waals surface area contributed by atoms with Crippen LogP contribution in [0.5, 0.6) is 5.75 Å². The summed E-state index contributed by atoms with van der Waals surface area (Å²) < 4.78 is 6.64. The quantitative estimate of drug-likeness (QED) is 0.755. The van der Waals surface area contributed by atoms with Crippen molar-refractivity contribution >= 4 is 17.3 Å². The van der Waals surface area contributed by atoms with Crippen LogP contribution in [0.15, 0.2) is 53.6 Å². The van der Waals surface area contributed by atoms with Crippen molar-refractivity contribution in [1.29, 1.82) is 0 Å². The first kappa shape index (κ1) is 17.1. The summed E-state index contributed by atoms with van der Waals surface area (Å²) in [7, 11) is 0. The molecule has 4 nitrogen and oxygen atoms in total. The van der Waals surface area contributed by atoms with Gasteiger partial charge < -0.3 is 9.64 Å². The zero-order valence-corrected chi connectivity index (χ0v) is 16.3. The number of halogens is 1. The second-order valence-electron chi connectivity index (χ2n) is 7.61. The summed E-state index contributed by atoms with van der Waals surface area (Å²) >= 11 is 6.48. The van der Waals surface area contributed by atoms with Gasteiger partial charge in [0.05, 0.1) is 11.8 Å². The minimum absolute atomic E-state index is 0.217. The van der Waals surface area contributed by atoms with Crippen LogP contribution in [0.25, 0.3) is 0 Å². The number of benzene rings is 2. The van der Waals surface area contributed by atoms with Crippen molar-refractivity contribution in [2.45, 2.75) is 38.0 Å². The predicted octanol–water partition coefficient (Wildman–Crippen LogP) is 4.70. The van der Waals surface area contributed by atoms with Crippen LogP contribution < -0.4 is 4.74 Å². The Bertz CT molecular complexity index is 889. The average molecular weight is 382 g/mol. The summed E-state index contributed by atoms with van der Waals surface area (Å²) in [5.74, 6) is 1.01. The Morgan fingerprint density at radius 3 is 2.63 bits per heavy atom. The zero-order valence-electron chi connectivity index (χ0n) is 15.6. The molecule has 27 heavy (non-hydrogen) atoms. The van der Waals surface area contributed by atoms with E-state index in [4.69, 9.17) is 21.4 Å². The smallest absolute Gasteiger partial charge is 0.200 e. The van der Waals surface area contributed by atoms with Gasteiger partial charge in [-0.25, -0.2) is 5.01 Å². The molecular formula is C22H24ClN3O. The van der Waals surface area contributed by atoms with Crippen LogP contribution in [0.4, 0.5) is 0 Å². The first-order chi connectivity index (χ1) is 13.2. The van der Waals surface area contributed by atoms with E-state index in [0.717, 1.165) is 60.9 Å². The number of hydrogen-bond donors (Lipinski definition) is 0. The van der Waals surface area contributed by atoms with E-state index in [2.05, 4.69) is 47.2 Å². The summed E-state index contributed by atoms with van der Waals surface area (Å²) in [5, 5.41) is 8.10. The summed E-state index contributed by atoms with van der Waals surface area (Å²) in [6.45, 7) is 5.39. The van der Waals surface area contributed by atoms with E-state index in [1.54, 1.807) is 0 Å². The van der Waals surface area contributed by atoms with Gasteiger partial charge in [0.1, 0.15) is 5.75 Å². The molecule has 0 aromatic heterocycles. The molecule has 0 bridgehead atoms. The van der Waals surface area contributed by atoms with Gasteiger partial charge in [0.2, 0.25) is 5.72 Å².